The van der Waals surface area contributed by atoms with E-state index in [0.717, 1.165) is 0 Å². The minimum absolute atomic E-state index is 0.298. The molecule has 0 amide bonds. The van der Waals surface area contributed by atoms with Gasteiger partial charge in [0.05, 0.1) is 6.54 Å². The molecule has 0 radical (unpaired) electrons. The number of nitrogens with one attached hydrogen (secondary N) is 2. The number of hydrogen-bond donors (Lipinski definition) is 2. The van der Waals surface area contributed by atoms with Crippen LogP contribution in [0.25, 0.3) is 5.65 Å². The van der Waals surface area contributed by atoms with Gasteiger partial charge in [-0.25, -0.2) is 19.3 Å². The molecule has 0 aliphatic rings. The molecule has 0 unspecified atom stereocenters. The number of hydrogen-bond acceptors (Lipinski definition) is 4. The SMILES string of the molecule is C=C(Cl)CNc1cc2n[nH]c(=O)n2c(C)n1. The highest BCUT2D eigenvalue weighted by atomic mass is 35.5. The van der Waals surface area contributed by atoms with E-state index in [-0.39, 0.29) is 5.69 Å². The number of aromatic amines is 1. The predicted molar refractivity (Wildman–Crippen MR) is 61.8 cm³/mol. The second-order valence-electron chi connectivity index (χ2n) is 3.28. The number of anilines is 1. The molecule has 16 heavy (non-hydrogen) atoms. The predicted octanol–water partition coefficient (Wildman–Crippen LogP) is 0.890. The molecule has 2 aromatic heterocycles. The normalized spacial score (nSPS) is 10.6. The number of nitrogens with zero attached hydrogens (tertiary/aromatic N) is 3. The van der Waals surface area contributed by atoms with Gasteiger partial charge >= 0.3 is 5.69 Å². The van der Waals surface area contributed by atoms with Crippen LogP contribution in [0.1, 0.15) is 5.82 Å². The molecule has 2 N–H and O–H groups in total. The Balaban J connectivity index is 2.42. The van der Waals surface area contributed by atoms with E-state index in [4.69, 9.17) is 11.6 Å². The lowest BCUT2D eigenvalue weighted by atomic mass is 10.5. The summed E-state index contributed by atoms with van der Waals surface area (Å²) in [4.78, 5) is 15.5. The van der Waals surface area contributed by atoms with Gasteiger partial charge in [0.25, 0.3) is 0 Å². The van der Waals surface area contributed by atoms with Crippen LogP contribution in [-0.4, -0.2) is 26.1 Å². The third-order valence-corrected chi connectivity index (χ3v) is 2.16. The Morgan fingerprint density at radius 1 is 1.75 bits per heavy atom. The Morgan fingerprint density at radius 3 is 3.19 bits per heavy atom. The zero-order valence-corrected chi connectivity index (χ0v) is 9.38. The summed E-state index contributed by atoms with van der Waals surface area (Å²) in [5.74, 6) is 1.16. The molecule has 2 aromatic rings. The van der Waals surface area contributed by atoms with Gasteiger partial charge in [0, 0.05) is 11.1 Å². The molecule has 0 saturated carbocycles. The molecule has 2 heterocycles. The Bertz CT molecular complexity index is 599. The van der Waals surface area contributed by atoms with Crippen molar-refractivity contribution in [3.05, 3.63) is 34.0 Å². The van der Waals surface area contributed by atoms with Gasteiger partial charge in [0.15, 0.2) is 5.65 Å². The number of rotatable bonds is 3. The molecule has 0 fully saturated rings. The van der Waals surface area contributed by atoms with Crippen molar-refractivity contribution in [2.45, 2.75) is 6.92 Å². The topological polar surface area (TPSA) is 75.1 Å². The summed E-state index contributed by atoms with van der Waals surface area (Å²) >= 11 is 5.63. The first-order chi connectivity index (χ1) is 7.58. The lowest BCUT2D eigenvalue weighted by Crippen LogP contribution is -2.14. The fourth-order valence-corrected chi connectivity index (χ4v) is 1.44. The van der Waals surface area contributed by atoms with Gasteiger partial charge < -0.3 is 5.32 Å². The molecular formula is C9H10ClN5O. The van der Waals surface area contributed by atoms with E-state index in [1.807, 2.05) is 0 Å². The summed E-state index contributed by atoms with van der Waals surface area (Å²) in [5.41, 5.74) is 0.216. The number of fused-ring (bicyclic) bond motifs is 1. The molecular weight excluding hydrogens is 230 g/mol. The largest absolute Gasteiger partial charge is 0.365 e. The molecule has 0 bridgehead atoms. The third-order valence-electron chi connectivity index (χ3n) is 2.03. The molecule has 2 rings (SSSR count). The van der Waals surface area contributed by atoms with E-state index < -0.39 is 0 Å². The Labute approximate surface area is 96.0 Å². The maximum Gasteiger partial charge on any atom is 0.349 e. The molecule has 6 nitrogen and oxygen atoms in total. The second-order valence-corrected chi connectivity index (χ2v) is 3.82. The van der Waals surface area contributed by atoms with Crippen LogP contribution in [0, 0.1) is 6.92 Å². The van der Waals surface area contributed by atoms with E-state index in [2.05, 4.69) is 27.1 Å². The lowest BCUT2D eigenvalue weighted by Gasteiger charge is -2.05. The summed E-state index contributed by atoms with van der Waals surface area (Å²) in [6, 6.07) is 1.66. The summed E-state index contributed by atoms with van der Waals surface area (Å²) in [6.07, 6.45) is 0. The van der Waals surface area contributed by atoms with E-state index in [1.165, 1.54) is 4.40 Å². The number of aryl methyl sites for hydroxylation is 1. The van der Waals surface area contributed by atoms with Crippen LogP contribution in [-0.2, 0) is 0 Å². The first-order valence-corrected chi connectivity index (χ1v) is 4.97. The highest BCUT2D eigenvalue weighted by molar-refractivity contribution is 6.29. The summed E-state index contributed by atoms with van der Waals surface area (Å²) < 4.78 is 1.39. The molecule has 84 valence electrons. The van der Waals surface area contributed by atoms with Crippen LogP contribution in [0.5, 0.6) is 0 Å². The van der Waals surface area contributed by atoms with Gasteiger partial charge in [-0.2, -0.15) is 5.10 Å². The molecule has 7 heteroatoms. The first kappa shape index (κ1) is 10.7. The van der Waals surface area contributed by atoms with Crippen LogP contribution in [0.15, 0.2) is 22.5 Å². The van der Waals surface area contributed by atoms with Crippen LogP contribution in [0.4, 0.5) is 5.82 Å². The average Bonchev–Trinajstić information content (AvgIpc) is 2.58. The zero-order valence-electron chi connectivity index (χ0n) is 8.62. The summed E-state index contributed by atoms with van der Waals surface area (Å²) in [5, 5.41) is 9.67. The van der Waals surface area contributed by atoms with E-state index >= 15 is 0 Å². The van der Waals surface area contributed by atoms with Crippen molar-refractivity contribution in [1.29, 1.82) is 0 Å². The number of aromatic nitrogens is 4. The van der Waals surface area contributed by atoms with Crippen molar-refractivity contribution in [1.82, 2.24) is 19.6 Å². The van der Waals surface area contributed by atoms with E-state index in [0.29, 0.717) is 28.9 Å². The monoisotopic (exact) mass is 239 g/mol. The maximum atomic E-state index is 11.3. The van der Waals surface area contributed by atoms with Gasteiger partial charge in [-0.15, -0.1) is 0 Å². The highest BCUT2D eigenvalue weighted by Gasteiger charge is 2.06. The highest BCUT2D eigenvalue weighted by Crippen LogP contribution is 2.08. The van der Waals surface area contributed by atoms with Gasteiger partial charge in [-0.05, 0) is 6.92 Å². The van der Waals surface area contributed by atoms with Gasteiger partial charge in [0.1, 0.15) is 11.6 Å². The third kappa shape index (κ3) is 1.92. The van der Waals surface area contributed by atoms with Crippen molar-refractivity contribution in [3.63, 3.8) is 0 Å². The molecule has 0 spiro atoms. The van der Waals surface area contributed by atoms with E-state index in [9.17, 15) is 4.79 Å². The van der Waals surface area contributed by atoms with Crippen molar-refractivity contribution >= 4 is 23.1 Å². The van der Waals surface area contributed by atoms with Gasteiger partial charge in [-0.3, -0.25) is 0 Å². The number of halogens is 1. The fraction of sp³-hybridized carbons (Fsp3) is 0.222. The molecule has 0 aromatic carbocycles. The van der Waals surface area contributed by atoms with Crippen molar-refractivity contribution in [3.8, 4) is 0 Å². The van der Waals surface area contributed by atoms with Crippen LogP contribution < -0.4 is 11.0 Å². The maximum absolute atomic E-state index is 11.3. The van der Waals surface area contributed by atoms with Crippen molar-refractivity contribution in [2.24, 2.45) is 0 Å². The summed E-state index contributed by atoms with van der Waals surface area (Å²) in [6.45, 7) is 5.70. The van der Waals surface area contributed by atoms with Crippen molar-refractivity contribution < 1.29 is 0 Å². The lowest BCUT2D eigenvalue weighted by molar-refractivity contribution is 0.935. The molecule has 0 atom stereocenters. The first-order valence-electron chi connectivity index (χ1n) is 4.60. The smallest absolute Gasteiger partial charge is 0.349 e. The van der Waals surface area contributed by atoms with Crippen LogP contribution in [0.2, 0.25) is 0 Å². The molecule has 0 aliphatic heterocycles. The van der Waals surface area contributed by atoms with Gasteiger partial charge in [-0.1, -0.05) is 18.2 Å². The zero-order chi connectivity index (χ0) is 11.7. The van der Waals surface area contributed by atoms with Crippen molar-refractivity contribution in [2.75, 3.05) is 11.9 Å². The Kier molecular flexibility index (Phi) is 2.66. The Morgan fingerprint density at radius 2 is 2.50 bits per heavy atom. The minimum atomic E-state index is -0.298. The summed E-state index contributed by atoms with van der Waals surface area (Å²) in [7, 11) is 0. The standard InChI is InChI=1S/C9H10ClN5O/c1-5(10)4-11-7-3-8-13-14-9(16)15(8)6(2)12-7/h3,11H,1,4H2,2H3,(H,14,16). The van der Waals surface area contributed by atoms with Gasteiger partial charge in [0.2, 0.25) is 0 Å². The fourth-order valence-electron chi connectivity index (χ4n) is 1.37. The second kappa shape index (κ2) is 3.97. The Hall–Kier alpha value is -1.82. The van der Waals surface area contributed by atoms with E-state index in [1.54, 1.807) is 13.0 Å². The molecule has 0 aliphatic carbocycles. The van der Waals surface area contributed by atoms with Crippen LogP contribution in [0.3, 0.4) is 0 Å². The average molecular weight is 240 g/mol. The minimum Gasteiger partial charge on any atom is -0.365 e. The molecule has 0 saturated heterocycles. The number of H-pyrrole nitrogens is 1. The van der Waals surface area contributed by atoms with Crippen LogP contribution >= 0.6 is 11.6 Å². The quantitative estimate of drug-likeness (QED) is 0.834.